The van der Waals surface area contributed by atoms with E-state index in [1.807, 2.05) is 12.1 Å². The molecule has 0 aromatic heterocycles. The lowest BCUT2D eigenvalue weighted by molar-refractivity contribution is -0.132. The molecule has 0 unspecified atom stereocenters. The van der Waals surface area contributed by atoms with Gasteiger partial charge in [0.05, 0.1) is 19.8 Å². The van der Waals surface area contributed by atoms with Crippen molar-refractivity contribution < 1.29 is 32.2 Å². The van der Waals surface area contributed by atoms with Gasteiger partial charge in [0.1, 0.15) is 0 Å². The van der Waals surface area contributed by atoms with Crippen LogP contribution in [0.2, 0.25) is 0 Å². The van der Waals surface area contributed by atoms with E-state index in [1.54, 1.807) is 25.2 Å². The molecule has 0 N–H and O–H groups in total. The Morgan fingerprint density at radius 1 is 0.871 bits per heavy atom. The van der Waals surface area contributed by atoms with Gasteiger partial charge >= 0.3 is 0 Å². The van der Waals surface area contributed by atoms with Crippen LogP contribution in [0.5, 0.6) is 11.5 Å². The Hall–Kier alpha value is -3.23. The molecule has 6 nitrogen and oxygen atoms in total. The lowest BCUT2D eigenvalue weighted by Gasteiger charge is -2.35. The number of nitrogens with zero attached hydrogens (tertiary/aromatic N) is 2. The number of ether oxygens (including phenoxy) is 2. The van der Waals surface area contributed by atoms with E-state index in [-0.39, 0.29) is 38.5 Å². The topological polar surface area (TPSA) is 59.1 Å². The number of piperazine rings is 1. The van der Waals surface area contributed by atoms with Crippen molar-refractivity contribution in [3.63, 3.8) is 0 Å². The molecule has 1 aliphatic heterocycles. The monoisotopic (exact) mass is 436 g/mol. The minimum absolute atomic E-state index is 0.0686. The first-order valence-corrected chi connectivity index (χ1v) is 9.77. The van der Waals surface area contributed by atoms with Crippen LogP contribution in [0.25, 0.3) is 0 Å². The maximum atomic E-state index is 13.9. The maximum absolute atomic E-state index is 13.9. The summed E-state index contributed by atoms with van der Waals surface area (Å²) in [4.78, 5) is 28.0. The third-order valence-electron chi connectivity index (χ3n) is 5.26. The number of halogens is 3. The summed E-state index contributed by atoms with van der Waals surface area (Å²) >= 11 is 0. The van der Waals surface area contributed by atoms with Crippen molar-refractivity contribution in [2.45, 2.75) is 12.8 Å². The Morgan fingerprint density at radius 2 is 1.52 bits per heavy atom. The summed E-state index contributed by atoms with van der Waals surface area (Å²) in [6.45, 7) is 0.919. The van der Waals surface area contributed by atoms with Gasteiger partial charge in [0.2, 0.25) is 5.91 Å². The normalized spacial score (nSPS) is 13.8. The molecule has 1 fully saturated rings. The molecule has 2 aromatic carbocycles. The standard InChI is InChI=1S/C22H23F3N2O4/c1-30-17-7-3-14(13-18(17)31-2)4-8-19(28)26-9-11-27(12-10-26)22(29)15-5-6-16(23)21(25)20(15)24/h3,5-7,13H,4,8-12H2,1-2H3. The average molecular weight is 436 g/mol. The highest BCUT2D eigenvalue weighted by molar-refractivity contribution is 5.94. The molecule has 0 spiro atoms. The van der Waals surface area contributed by atoms with E-state index in [2.05, 4.69) is 0 Å². The van der Waals surface area contributed by atoms with Crippen LogP contribution in [-0.2, 0) is 11.2 Å². The van der Waals surface area contributed by atoms with Crippen LogP contribution in [0.15, 0.2) is 30.3 Å². The van der Waals surface area contributed by atoms with Gasteiger partial charge in [-0.3, -0.25) is 9.59 Å². The highest BCUT2D eigenvalue weighted by atomic mass is 19.2. The van der Waals surface area contributed by atoms with Gasteiger partial charge in [0.15, 0.2) is 29.0 Å². The number of hydrogen-bond acceptors (Lipinski definition) is 4. The minimum Gasteiger partial charge on any atom is -0.493 e. The SMILES string of the molecule is COc1ccc(CCC(=O)N2CCN(C(=O)c3ccc(F)c(F)c3F)CC2)cc1OC. The van der Waals surface area contributed by atoms with E-state index >= 15 is 0 Å². The van der Waals surface area contributed by atoms with Crippen molar-refractivity contribution in [3.8, 4) is 11.5 Å². The third kappa shape index (κ3) is 4.92. The summed E-state index contributed by atoms with van der Waals surface area (Å²) in [6, 6.07) is 7.11. The number of benzene rings is 2. The number of methoxy groups -OCH3 is 2. The summed E-state index contributed by atoms with van der Waals surface area (Å²) in [6.07, 6.45) is 0.791. The Labute approximate surface area is 178 Å². The van der Waals surface area contributed by atoms with Gasteiger partial charge in [-0.1, -0.05) is 6.07 Å². The predicted octanol–water partition coefficient (Wildman–Crippen LogP) is 3.04. The van der Waals surface area contributed by atoms with Crippen molar-refractivity contribution in [2.24, 2.45) is 0 Å². The molecule has 166 valence electrons. The van der Waals surface area contributed by atoms with E-state index in [1.165, 1.54) is 4.90 Å². The molecule has 1 heterocycles. The van der Waals surface area contributed by atoms with E-state index < -0.39 is 28.9 Å². The number of carbonyl (C=O) groups excluding carboxylic acids is 2. The van der Waals surface area contributed by atoms with Crippen LogP contribution in [0.1, 0.15) is 22.3 Å². The Balaban J connectivity index is 1.54. The van der Waals surface area contributed by atoms with Crippen molar-refractivity contribution in [2.75, 3.05) is 40.4 Å². The molecule has 1 aliphatic rings. The van der Waals surface area contributed by atoms with Gasteiger partial charge in [0.25, 0.3) is 5.91 Å². The maximum Gasteiger partial charge on any atom is 0.257 e. The zero-order valence-electron chi connectivity index (χ0n) is 17.3. The molecule has 3 rings (SSSR count). The number of hydrogen-bond donors (Lipinski definition) is 0. The van der Waals surface area contributed by atoms with E-state index in [0.717, 1.165) is 17.7 Å². The number of amides is 2. The summed E-state index contributed by atoms with van der Waals surface area (Å²) in [5.74, 6) is -4.12. The van der Waals surface area contributed by atoms with Crippen molar-refractivity contribution in [1.82, 2.24) is 9.80 Å². The quantitative estimate of drug-likeness (QED) is 0.654. The summed E-state index contributed by atoms with van der Waals surface area (Å²) in [5.41, 5.74) is 0.403. The number of carbonyl (C=O) groups is 2. The first-order chi connectivity index (χ1) is 14.8. The van der Waals surface area contributed by atoms with Crippen LogP contribution in [0.3, 0.4) is 0 Å². The fraction of sp³-hybridized carbons (Fsp3) is 0.364. The molecule has 2 aromatic rings. The summed E-state index contributed by atoms with van der Waals surface area (Å²) in [5, 5.41) is 0. The van der Waals surface area contributed by atoms with Gasteiger partial charge in [-0.15, -0.1) is 0 Å². The van der Waals surface area contributed by atoms with Crippen molar-refractivity contribution in [3.05, 3.63) is 58.9 Å². The summed E-state index contributed by atoms with van der Waals surface area (Å²) in [7, 11) is 3.09. The van der Waals surface area contributed by atoms with E-state index in [4.69, 9.17) is 9.47 Å². The fourth-order valence-electron chi connectivity index (χ4n) is 3.47. The first kappa shape index (κ1) is 22.5. The Bertz CT molecular complexity index is 975. The van der Waals surface area contributed by atoms with Gasteiger partial charge in [-0.25, -0.2) is 13.2 Å². The molecule has 0 aliphatic carbocycles. The molecule has 0 saturated carbocycles. The zero-order valence-corrected chi connectivity index (χ0v) is 17.3. The van der Waals surface area contributed by atoms with E-state index in [0.29, 0.717) is 17.9 Å². The van der Waals surface area contributed by atoms with Crippen LogP contribution in [0.4, 0.5) is 13.2 Å². The van der Waals surface area contributed by atoms with Crippen molar-refractivity contribution in [1.29, 1.82) is 0 Å². The zero-order chi connectivity index (χ0) is 22.5. The molecule has 0 bridgehead atoms. The fourth-order valence-corrected chi connectivity index (χ4v) is 3.47. The predicted molar refractivity (Wildman–Crippen MR) is 107 cm³/mol. The Kier molecular flexibility index (Phi) is 7.04. The van der Waals surface area contributed by atoms with Crippen LogP contribution >= 0.6 is 0 Å². The second kappa shape index (κ2) is 9.72. The largest absolute Gasteiger partial charge is 0.493 e. The highest BCUT2D eigenvalue weighted by Gasteiger charge is 2.27. The molecular formula is C22H23F3N2O4. The third-order valence-corrected chi connectivity index (χ3v) is 5.26. The minimum atomic E-state index is -1.67. The summed E-state index contributed by atoms with van der Waals surface area (Å²) < 4.78 is 50.9. The molecule has 0 atom stereocenters. The van der Waals surface area contributed by atoms with Crippen molar-refractivity contribution >= 4 is 11.8 Å². The molecular weight excluding hydrogens is 413 g/mol. The highest BCUT2D eigenvalue weighted by Crippen LogP contribution is 2.28. The smallest absolute Gasteiger partial charge is 0.257 e. The first-order valence-electron chi connectivity index (χ1n) is 9.77. The number of aryl methyl sites for hydroxylation is 1. The molecule has 2 amide bonds. The van der Waals surface area contributed by atoms with Gasteiger partial charge < -0.3 is 19.3 Å². The second-order valence-electron chi connectivity index (χ2n) is 7.09. The van der Waals surface area contributed by atoms with Crippen LogP contribution in [0, 0.1) is 17.5 Å². The molecule has 0 radical (unpaired) electrons. The second-order valence-corrected chi connectivity index (χ2v) is 7.09. The number of rotatable bonds is 6. The van der Waals surface area contributed by atoms with Gasteiger partial charge in [-0.2, -0.15) is 0 Å². The lowest BCUT2D eigenvalue weighted by Crippen LogP contribution is -2.50. The van der Waals surface area contributed by atoms with Gasteiger partial charge in [0, 0.05) is 32.6 Å². The average Bonchev–Trinajstić information content (AvgIpc) is 2.80. The molecule has 9 heteroatoms. The lowest BCUT2D eigenvalue weighted by atomic mass is 10.1. The van der Waals surface area contributed by atoms with E-state index in [9.17, 15) is 22.8 Å². The van der Waals surface area contributed by atoms with Crippen LogP contribution in [-0.4, -0.2) is 62.0 Å². The van der Waals surface area contributed by atoms with Crippen LogP contribution < -0.4 is 9.47 Å². The van der Waals surface area contributed by atoms with Gasteiger partial charge in [-0.05, 0) is 36.2 Å². The molecule has 31 heavy (non-hydrogen) atoms. The Morgan fingerprint density at radius 3 is 2.16 bits per heavy atom. The molecule has 1 saturated heterocycles.